The van der Waals surface area contributed by atoms with E-state index in [-0.39, 0.29) is 0 Å². The Kier molecular flexibility index (Phi) is 3.85. The summed E-state index contributed by atoms with van der Waals surface area (Å²) in [6.45, 7) is 2.62. The number of benzene rings is 1. The minimum Gasteiger partial charge on any atom is -0.481 e. The molecule has 0 saturated heterocycles. The lowest BCUT2D eigenvalue weighted by atomic mass is 9.95. The fraction of sp³-hybridized carbons (Fsp3) is 0.429. The number of nitrogens with zero attached hydrogens (tertiary/aromatic N) is 2. The molecule has 0 aliphatic heterocycles. The van der Waals surface area contributed by atoms with Gasteiger partial charge in [-0.2, -0.15) is 0 Å². The van der Waals surface area contributed by atoms with Gasteiger partial charge in [-0.1, -0.05) is 6.07 Å². The molecule has 0 bridgehead atoms. The summed E-state index contributed by atoms with van der Waals surface area (Å²) in [5.74, 6) is -0.351. The Morgan fingerprint density at radius 3 is 2.89 bits per heavy atom. The number of imidazole rings is 1. The van der Waals surface area contributed by atoms with Crippen LogP contribution in [0.3, 0.4) is 0 Å². The Labute approximate surface area is 112 Å². The van der Waals surface area contributed by atoms with Crippen molar-refractivity contribution in [2.24, 2.45) is 7.05 Å². The van der Waals surface area contributed by atoms with Crippen molar-refractivity contribution in [3.05, 3.63) is 29.6 Å². The molecule has 0 aliphatic rings. The van der Waals surface area contributed by atoms with E-state index in [1.54, 1.807) is 0 Å². The summed E-state index contributed by atoms with van der Waals surface area (Å²) in [7, 11) is 3.78. The molecule has 0 fully saturated rings. The standard InChI is InChI=1S/C14H19N3O2/c1-9-16-12-8-10(4-5-13(12)17(9)3)11(14(18)19)6-7-15-2/h4-5,8,11,15H,6-7H2,1-3H3,(H,18,19). The number of aliphatic carboxylic acids is 1. The first-order valence-corrected chi connectivity index (χ1v) is 6.35. The number of carbonyl (C=O) groups is 1. The lowest BCUT2D eigenvalue weighted by Gasteiger charge is -2.12. The number of carboxylic acid groups (broad SMARTS) is 1. The van der Waals surface area contributed by atoms with Crippen molar-refractivity contribution in [3.63, 3.8) is 0 Å². The van der Waals surface area contributed by atoms with Gasteiger partial charge in [-0.3, -0.25) is 4.79 Å². The first-order valence-electron chi connectivity index (χ1n) is 6.35. The van der Waals surface area contributed by atoms with Crippen molar-refractivity contribution in [1.29, 1.82) is 0 Å². The van der Waals surface area contributed by atoms with E-state index in [4.69, 9.17) is 0 Å². The van der Waals surface area contributed by atoms with E-state index < -0.39 is 11.9 Å². The van der Waals surface area contributed by atoms with Gasteiger partial charge in [0.25, 0.3) is 0 Å². The zero-order valence-corrected chi connectivity index (χ0v) is 11.5. The van der Waals surface area contributed by atoms with Crippen LogP contribution in [0.1, 0.15) is 23.7 Å². The van der Waals surface area contributed by atoms with Gasteiger partial charge in [-0.15, -0.1) is 0 Å². The van der Waals surface area contributed by atoms with Crippen molar-refractivity contribution < 1.29 is 9.90 Å². The van der Waals surface area contributed by atoms with Gasteiger partial charge in [-0.05, 0) is 44.6 Å². The Bertz CT molecular complexity index is 604. The van der Waals surface area contributed by atoms with Gasteiger partial charge in [0, 0.05) is 7.05 Å². The van der Waals surface area contributed by atoms with Gasteiger partial charge >= 0.3 is 5.97 Å². The number of hydrogen-bond acceptors (Lipinski definition) is 3. The minimum atomic E-state index is -0.790. The van der Waals surface area contributed by atoms with Crippen LogP contribution in [-0.2, 0) is 11.8 Å². The maximum atomic E-state index is 11.4. The average Bonchev–Trinajstić information content (AvgIpc) is 2.65. The van der Waals surface area contributed by atoms with E-state index in [9.17, 15) is 9.90 Å². The van der Waals surface area contributed by atoms with Gasteiger partial charge in [0.05, 0.1) is 17.0 Å². The van der Waals surface area contributed by atoms with Crippen molar-refractivity contribution in [3.8, 4) is 0 Å². The minimum absolute atomic E-state index is 0.487. The third-order valence-corrected chi connectivity index (χ3v) is 3.51. The van der Waals surface area contributed by atoms with Crippen LogP contribution < -0.4 is 5.32 Å². The lowest BCUT2D eigenvalue weighted by Crippen LogP contribution is -2.18. The molecule has 5 heteroatoms. The molecule has 0 saturated carbocycles. The van der Waals surface area contributed by atoms with Crippen LogP contribution in [0.5, 0.6) is 0 Å². The predicted octanol–water partition coefficient (Wildman–Crippen LogP) is 1.66. The van der Waals surface area contributed by atoms with Crippen LogP contribution in [0.4, 0.5) is 0 Å². The molecular weight excluding hydrogens is 242 g/mol. The molecule has 5 nitrogen and oxygen atoms in total. The van der Waals surface area contributed by atoms with Crippen LogP contribution >= 0.6 is 0 Å². The van der Waals surface area contributed by atoms with Crippen LogP contribution in [0.15, 0.2) is 18.2 Å². The van der Waals surface area contributed by atoms with E-state index >= 15 is 0 Å². The highest BCUT2D eigenvalue weighted by molar-refractivity contribution is 5.81. The Morgan fingerprint density at radius 2 is 2.26 bits per heavy atom. The van der Waals surface area contributed by atoms with Crippen LogP contribution in [0, 0.1) is 6.92 Å². The van der Waals surface area contributed by atoms with E-state index in [2.05, 4.69) is 10.3 Å². The largest absolute Gasteiger partial charge is 0.481 e. The molecule has 2 N–H and O–H groups in total. The maximum absolute atomic E-state index is 11.4. The van der Waals surface area contributed by atoms with Gasteiger partial charge < -0.3 is 15.0 Å². The first-order chi connectivity index (χ1) is 9.04. The van der Waals surface area contributed by atoms with Gasteiger partial charge in [0.1, 0.15) is 5.82 Å². The number of hydrogen-bond donors (Lipinski definition) is 2. The highest BCUT2D eigenvalue weighted by Crippen LogP contribution is 2.24. The fourth-order valence-electron chi connectivity index (χ4n) is 2.28. The molecule has 0 spiro atoms. The van der Waals surface area contributed by atoms with Crippen LogP contribution in [0.25, 0.3) is 11.0 Å². The summed E-state index contributed by atoms with van der Waals surface area (Å²) in [4.78, 5) is 15.8. The molecule has 2 rings (SSSR count). The molecule has 1 aromatic heterocycles. The molecular formula is C14H19N3O2. The Hall–Kier alpha value is -1.88. The van der Waals surface area contributed by atoms with Gasteiger partial charge in [-0.25, -0.2) is 4.98 Å². The van der Waals surface area contributed by atoms with Crippen LogP contribution in [-0.4, -0.2) is 34.2 Å². The van der Waals surface area contributed by atoms with Crippen molar-refractivity contribution in [2.45, 2.75) is 19.3 Å². The topological polar surface area (TPSA) is 67.2 Å². The second kappa shape index (κ2) is 5.40. The predicted molar refractivity (Wildman–Crippen MR) is 74.4 cm³/mol. The van der Waals surface area contributed by atoms with Crippen LogP contribution in [0.2, 0.25) is 0 Å². The lowest BCUT2D eigenvalue weighted by molar-refractivity contribution is -0.138. The van der Waals surface area contributed by atoms with Gasteiger partial charge in [0.2, 0.25) is 0 Å². The Balaban J connectivity index is 2.40. The Morgan fingerprint density at radius 1 is 1.53 bits per heavy atom. The highest BCUT2D eigenvalue weighted by Gasteiger charge is 2.20. The van der Waals surface area contributed by atoms with E-state index in [0.29, 0.717) is 13.0 Å². The maximum Gasteiger partial charge on any atom is 0.311 e. The molecule has 1 atom stereocenters. The first kappa shape index (κ1) is 13.5. The molecule has 0 radical (unpaired) electrons. The number of fused-ring (bicyclic) bond motifs is 1. The van der Waals surface area contributed by atoms with E-state index in [0.717, 1.165) is 22.4 Å². The normalized spacial score (nSPS) is 12.8. The van der Waals surface area contributed by atoms with E-state index in [1.807, 2.05) is 43.8 Å². The molecule has 1 unspecified atom stereocenters. The smallest absolute Gasteiger partial charge is 0.311 e. The van der Waals surface area contributed by atoms with Gasteiger partial charge in [0.15, 0.2) is 0 Å². The molecule has 0 amide bonds. The summed E-state index contributed by atoms with van der Waals surface area (Å²) in [5.41, 5.74) is 2.69. The zero-order valence-electron chi connectivity index (χ0n) is 11.5. The number of nitrogens with one attached hydrogen (secondary N) is 1. The quantitative estimate of drug-likeness (QED) is 0.859. The number of aryl methyl sites for hydroxylation is 2. The monoisotopic (exact) mass is 261 g/mol. The zero-order chi connectivity index (χ0) is 14.0. The van der Waals surface area contributed by atoms with Crippen molar-refractivity contribution in [1.82, 2.24) is 14.9 Å². The summed E-state index contributed by atoms with van der Waals surface area (Å²) < 4.78 is 2.00. The second-order valence-corrected chi connectivity index (χ2v) is 4.75. The summed E-state index contributed by atoms with van der Waals surface area (Å²) >= 11 is 0. The average molecular weight is 261 g/mol. The van der Waals surface area contributed by atoms with E-state index in [1.165, 1.54) is 0 Å². The molecule has 102 valence electrons. The summed E-state index contributed by atoms with van der Waals surface area (Å²) in [6.07, 6.45) is 0.573. The summed E-state index contributed by atoms with van der Waals surface area (Å²) in [6, 6.07) is 5.72. The number of rotatable bonds is 5. The SMILES string of the molecule is CNCCC(C(=O)O)c1ccc2c(c1)nc(C)n2C. The molecule has 1 aromatic carbocycles. The second-order valence-electron chi connectivity index (χ2n) is 4.75. The van der Waals surface area contributed by atoms with Crippen molar-refractivity contribution in [2.75, 3.05) is 13.6 Å². The number of aromatic nitrogens is 2. The molecule has 19 heavy (non-hydrogen) atoms. The molecule has 1 heterocycles. The fourth-order valence-corrected chi connectivity index (χ4v) is 2.28. The molecule has 0 aliphatic carbocycles. The van der Waals surface area contributed by atoms with Crippen molar-refractivity contribution >= 4 is 17.0 Å². The highest BCUT2D eigenvalue weighted by atomic mass is 16.4. The third kappa shape index (κ3) is 2.61. The number of carboxylic acids is 1. The third-order valence-electron chi connectivity index (χ3n) is 3.51. The molecule has 2 aromatic rings. The summed E-state index contributed by atoms with van der Waals surface area (Å²) in [5, 5.41) is 12.3.